The van der Waals surface area contributed by atoms with Crippen LogP contribution in [0.5, 0.6) is 0 Å². The summed E-state index contributed by atoms with van der Waals surface area (Å²) in [5.41, 5.74) is -66.4. The van der Waals surface area contributed by atoms with Crippen LogP contribution in [-0.2, 0) is 0 Å². The van der Waals surface area contributed by atoms with E-state index in [1.807, 2.05) is 0 Å². The van der Waals surface area contributed by atoms with Gasteiger partial charge in [-0.1, -0.05) is 36.4 Å². The van der Waals surface area contributed by atoms with Crippen LogP contribution in [0.25, 0.3) is 133 Å². The number of hydrogen-bond acceptors (Lipinski definition) is 3. The van der Waals surface area contributed by atoms with E-state index >= 15 is 198 Å². The Kier molecular flexibility index (Phi) is 22.6. The number of fused-ring (bicyclic) bond motifs is 3. The molecule has 0 N–H and O–H groups in total. The average molecular weight is 1940 g/mol. The molecule has 690 valence electrons. The molecule has 0 radical (unpaired) electrons. The second-order valence-corrected chi connectivity index (χ2v) is 27.6. The lowest BCUT2D eigenvalue weighted by Crippen LogP contribution is -2.49. The zero-order valence-electron chi connectivity index (χ0n) is 62.6. The van der Waals surface area contributed by atoms with E-state index in [1.165, 1.54) is 0 Å². The highest BCUT2D eigenvalue weighted by Crippen LogP contribution is 2.57. The Bertz CT molecular complexity index is 6870. The standard InChI is InChI=1S/C81H15BF45N3O3/c1-10-4-7-13(19-31(83)49(101)67(119)50(102)32(19)84)16-22(25-37(89)55(107)70(122)56(108)38(25)90)79(28-43(95)61(113)73(125)62(114)44(28)96)128(76(10)16)131-82(132-129-77-11(2)5-8-14(20-33(85)51(103)68(120)52(104)34(20)86)17(77)23(26-39(91)57(109)71(123)58(110)40(26)92)80(129)29-45(97)63(115)74(126)64(116)46(29)98)133-130-78-12(3)6-9-15(21-35(87)53(105)69(121)54(106)36(21)88)18(78)24(27-41(93)59(111)72(124)60(112)42(27)94)81(130)30-47(99)65(117)75(127)66(118)48(30)100/h4-9H,1-3H3. The highest BCUT2D eigenvalue weighted by atomic mass is 19.2. The largest absolute Gasteiger partial charge is 0.926 e. The predicted octanol–water partition coefficient (Wildman–Crippen LogP) is 26.4. The molecule has 0 atom stereocenters. The van der Waals surface area contributed by atoms with Crippen molar-refractivity contribution in [2.75, 3.05) is 0 Å². The minimum absolute atomic E-state index is 0.0559. The SMILES string of the molecule is Cc1ccc(-c2c(F)c(F)c(F)c(F)c2F)c2c(-c3c(F)c(F)c(F)c(F)c3F)c(-c3c(F)c(F)c(F)c(F)c3F)n(OB(On3c(-c4c(F)c(F)c(F)c(F)c4F)c(-c4c(F)c(F)c(F)c(F)c4F)c4c(-c5c(F)c(F)c(F)c(F)c5F)ccc(C)c43)On3c(-c4c(F)c(F)c(F)c(F)c4F)c(-c4c(F)c(F)c(F)c(F)c4F)c4c(-c5c(F)c(F)c(F)c(F)c5F)ccc(C)c43)c12. The fraction of sp³-hybridized carbons (Fsp3) is 0.0370. The van der Waals surface area contributed by atoms with Crippen LogP contribution in [0.15, 0.2) is 36.4 Å². The molecular formula is C81H15BF45N3O3. The van der Waals surface area contributed by atoms with Gasteiger partial charge in [0.2, 0.25) is 52.4 Å². The van der Waals surface area contributed by atoms with E-state index in [9.17, 15) is 0 Å². The first kappa shape index (κ1) is 93.3. The maximum atomic E-state index is 17.7. The zero-order chi connectivity index (χ0) is 98.2. The molecule has 0 aliphatic rings. The van der Waals surface area contributed by atoms with Crippen LogP contribution in [-0.4, -0.2) is 21.5 Å². The van der Waals surface area contributed by atoms with Gasteiger partial charge in [0.05, 0.1) is 66.6 Å². The number of rotatable bonds is 15. The molecular weight excluding hydrogens is 1930 g/mol. The van der Waals surface area contributed by atoms with Gasteiger partial charge in [-0.3, -0.25) is 0 Å². The lowest BCUT2D eigenvalue weighted by atomic mass is 9.90. The molecule has 15 rings (SSSR count). The molecule has 52 heteroatoms. The molecule has 3 aromatic heterocycles. The molecule has 3 heterocycles. The molecule has 12 aromatic carbocycles. The van der Waals surface area contributed by atoms with E-state index in [4.69, 9.17) is 14.3 Å². The van der Waals surface area contributed by atoms with Crippen molar-refractivity contribution in [3.8, 4) is 101 Å². The first-order chi connectivity index (χ1) is 62.1. The van der Waals surface area contributed by atoms with Gasteiger partial charge in [0, 0.05) is 32.8 Å². The van der Waals surface area contributed by atoms with E-state index in [0.29, 0.717) is 0 Å². The summed E-state index contributed by atoms with van der Waals surface area (Å²) in [6, 6.07) is -0.862. The van der Waals surface area contributed by atoms with Gasteiger partial charge in [0.25, 0.3) is 0 Å². The molecule has 6 nitrogen and oxygen atoms in total. The summed E-state index contributed by atoms with van der Waals surface area (Å²) < 4.78 is 755. The summed E-state index contributed by atoms with van der Waals surface area (Å²) >= 11 is 0. The summed E-state index contributed by atoms with van der Waals surface area (Å²) in [4.78, 5) is 0. The van der Waals surface area contributed by atoms with E-state index in [1.54, 1.807) is 0 Å². The third-order valence-electron chi connectivity index (χ3n) is 20.5. The Hall–Kier alpha value is -14.4. The maximum Gasteiger partial charge on any atom is 0.926 e. The van der Waals surface area contributed by atoms with Gasteiger partial charge in [0.1, 0.15) is 17.1 Å². The predicted molar refractivity (Wildman–Crippen MR) is 363 cm³/mol. The second-order valence-electron chi connectivity index (χ2n) is 27.6. The van der Waals surface area contributed by atoms with Crippen molar-refractivity contribution < 1.29 is 212 Å². The van der Waals surface area contributed by atoms with Gasteiger partial charge in [-0.2, -0.15) is 14.2 Å². The van der Waals surface area contributed by atoms with Crippen molar-refractivity contribution in [3.63, 3.8) is 0 Å². The molecule has 0 amide bonds. The lowest BCUT2D eigenvalue weighted by molar-refractivity contribution is 0.0826. The number of halogens is 45. The first-order valence-corrected chi connectivity index (χ1v) is 34.8. The van der Waals surface area contributed by atoms with Crippen LogP contribution in [0.1, 0.15) is 16.7 Å². The number of hydrogen-bond donors (Lipinski definition) is 0. The van der Waals surface area contributed by atoms with Crippen LogP contribution < -0.4 is 14.3 Å². The third kappa shape index (κ3) is 12.9. The van der Waals surface area contributed by atoms with Crippen molar-refractivity contribution in [1.29, 1.82) is 0 Å². The lowest BCUT2D eigenvalue weighted by Gasteiger charge is -2.24. The van der Waals surface area contributed by atoms with E-state index in [2.05, 4.69) is 0 Å². The minimum atomic E-state index is -5.36. The highest BCUT2D eigenvalue weighted by Gasteiger charge is 2.50. The Labute approximate surface area is 700 Å². The van der Waals surface area contributed by atoms with Crippen LogP contribution >= 0.6 is 0 Å². The van der Waals surface area contributed by atoms with E-state index in [-0.39, 0.29) is 57.2 Å². The summed E-state index contributed by atoms with van der Waals surface area (Å²) in [5.74, 6) is -160. The summed E-state index contributed by atoms with van der Waals surface area (Å²) in [6.45, 7) is 0.484. The average Bonchev–Trinajstić information content (AvgIpc) is 1.55. The van der Waals surface area contributed by atoms with Gasteiger partial charge in [-0.25, -0.2) is 198 Å². The fourth-order valence-electron chi connectivity index (χ4n) is 14.7. The van der Waals surface area contributed by atoms with Crippen LogP contribution in [0.4, 0.5) is 198 Å². The maximum absolute atomic E-state index is 17.7. The van der Waals surface area contributed by atoms with Crippen molar-refractivity contribution in [2.24, 2.45) is 0 Å². The van der Waals surface area contributed by atoms with E-state index in [0.717, 1.165) is 0 Å². The Morgan fingerprint density at radius 3 is 0.414 bits per heavy atom. The van der Waals surface area contributed by atoms with Crippen molar-refractivity contribution >= 4 is 40.0 Å². The molecule has 0 aliphatic carbocycles. The van der Waals surface area contributed by atoms with Crippen molar-refractivity contribution in [1.82, 2.24) is 14.2 Å². The molecule has 0 unspecified atom stereocenters. The molecule has 133 heavy (non-hydrogen) atoms. The molecule has 0 fully saturated rings. The molecule has 0 saturated carbocycles. The number of aromatic nitrogens is 3. The van der Waals surface area contributed by atoms with Crippen molar-refractivity contribution in [3.05, 3.63) is 315 Å². The summed E-state index contributed by atoms with van der Waals surface area (Å²) in [5, 5.41) is -7.67. The first-order valence-electron chi connectivity index (χ1n) is 34.8. The topological polar surface area (TPSA) is 42.5 Å². The molecule has 0 saturated heterocycles. The normalized spacial score (nSPS) is 11.9. The number of nitrogens with zero attached hydrogens (tertiary/aromatic N) is 3. The van der Waals surface area contributed by atoms with Gasteiger partial charge < -0.3 is 14.3 Å². The highest BCUT2D eigenvalue weighted by molar-refractivity contribution is 6.38. The molecule has 0 aliphatic heterocycles. The van der Waals surface area contributed by atoms with Crippen molar-refractivity contribution in [2.45, 2.75) is 20.8 Å². The Morgan fingerprint density at radius 1 is 0.150 bits per heavy atom. The zero-order valence-corrected chi connectivity index (χ0v) is 62.6. The van der Waals surface area contributed by atoms with Gasteiger partial charge in [0.15, 0.2) is 209 Å². The van der Waals surface area contributed by atoms with Crippen LogP contribution in [0.2, 0.25) is 0 Å². The monoisotopic (exact) mass is 1940 g/mol. The summed E-state index contributed by atoms with van der Waals surface area (Å²) in [7, 11) is -5.36. The van der Waals surface area contributed by atoms with Crippen LogP contribution in [0.3, 0.4) is 0 Å². The Morgan fingerprint density at radius 2 is 0.271 bits per heavy atom. The van der Waals surface area contributed by atoms with Gasteiger partial charge >= 0.3 is 7.32 Å². The van der Waals surface area contributed by atoms with Gasteiger partial charge in [-0.05, 0) is 54.2 Å². The number of aryl methyl sites for hydroxylation is 3. The van der Waals surface area contributed by atoms with E-state index < -0.39 is 433 Å². The second kappa shape index (κ2) is 32.3. The smallest absolute Gasteiger partial charge is 0.395 e. The number of benzene rings is 12. The molecule has 15 aromatic rings. The third-order valence-corrected chi connectivity index (χ3v) is 20.5. The Balaban J connectivity index is 1.29. The quantitative estimate of drug-likeness (QED) is 0.0445. The molecule has 0 spiro atoms. The van der Waals surface area contributed by atoms with Crippen LogP contribution in [0, 0.1) is 283 Å². The summed E-state index contributed by atoms with van der Waals surface area (Å²) in [6.07, 6.45) is 0. The fourth-order valence-corrected chi connectivity index (χ4v) is 14.7. The minimum Gasteiger partial charge on any atom is -0.395 e. The molecule has 0 bridgehead atoms. The van der Waals surface area contributed by atoms with Gasteiger partial charge in [-0.15, -0.1) is 0 Å².